The number of amides is 1. The number of nitrogens with one attached hydrogen (secondary N) is 1. The molecule has 0 aliphatic rings. The Bertz CT molecular complexity index is 1450. The number of rotatable bonds is 8. The standard InChI is InChI=1S/C23H16ClN3O7S/c1-33-22-13-15(12-16(14-25)23(28)26-18-5-3-17(24)4-6-18)2-11-21(22)34-35(31,32)20-9-7-19(8-10-20)27(29)30/h2-13H,1H3,(H,26,28)/b16-12-. The van der Waals surface area contributed by atoms with Gasteiger partial charge in [0.25, 0.3) is 11.6 Å². The lowest BCUT2D eigenvalue weighted by molar-refractivity contribution is -0.384. The van der Waals surface area contributed by atoms with Gasteiger partial charge in [0, 0.05) is 22.8 Å². The molecule has 0 atom stereocenters. The molecule has 178 valence electrons. The maximum Gasteiger partial charge on any atom is 0.339 e. The molecule has 3 rings (SSSR count). The molecule has 0 saturated heterocycles. The highest BCUT2D eigenvalue weighted by Crippen LogP contribution is 2.32. The van der Waals surface area contributed by atoms with Gasteiger partial charge >= 0.3 is 10.1 Å². The van der Waals surface area contributed by atoms with E-state index in [1.165, 1.54) is 31.4 Å². The maximum atomic E-state index is 12.6. The third-order valence-electron chi connectivity index (χ3n) is 4.50. The number of carbonyl (C=O) groups is 1. The monoisotopic (exact) mass is 513 g/mol. The van der Waals surface area contributed by atoms with Crippen LogP contribution in [0.5, 0.6) is 11.5 Å². The predicted octanol–water partition coefficient (Wildman–Crippen LogP) is 4.57. The van der Waals surface area contributed by atoms with Gasteiger partial charge in [-0.25, -0.2) is 0 Å². The van der Waals surface area contributed by atoms with Crippen LogP contribution < -0.4 is 14.2 Å². The molecule has 10 nitrogen and oxygen atoms in total. The van der Waals surface area contributed by atoms with E-state index in [4.69, 9.17) is 20.5 Å². The fraction of sp³-hybridized carbons (Fsp3) is 0.0435. The average molecular weight is 514 g/mol. The summed E-state index contributed by atoms with van der Waals surface area (Å²) in [5.41, 5.74) is 0.323. The van der Waals surface area contributed by atoms with Gasteiger partial charge in [-0.2, -0.15) is 13.7 Å². The Morgan fingerprint density at radius 2 is 1.74 bits per heavy atom. The number of non-ortho nitro benzene ring substituents is 1. The van der Waals surface area contributed by atoms with Crippen molar-refractivity contribution in [2.45, 2.75) is 4.90 Å². The minimum atomic E-state index is -4.32. The first kappa shape index (κ1) is 25.2. The van der Waals surface area contributed by atoms with E-state index in [1.807, 2.05) is 6.07 Å². The van der Waals surface area contributed by atoms with Gasteiger partial charge in [0.05, 0.1) is 12.0 Å². The van der Waals surface area contributed by atoms with Crippen molar-refractivity contribution in [3.05, 3.63) is 93.0 Å². The zero-order valence-electron chi connectivity index (χ0n) is 18.0. The van der Waals surface area contributed by atoms with Crippen LogP contribution in [0.3, 0.4) is 0 Å². The average Bonchev–Trinajstić information content (AvgIpc) is 2.84. The van der Waals surface area contributed by atoms with Crippen LogP contribution in [-0.2, 0) is 14.9 Å². The van der Waals surface area contributed by atoms with Crippen molar-refractivity contribution in [2.75, 3.05) is 12.4 Å². The summed E-state index contributed by atoms with van der Waals surface area (Å²) in [5.74, 6) is -0.804. The number of nitrogens with zero attached hydrogens (tertiary/aromatic N) is 2. The molecular formula is C23H16ClN3O7S. The van der Waals surface area contributed by atoms with Crippen molar-refractivity contribution >= 4 is 45.1 Å². The second-order valence-electron chi connectivity index (χ2n) is 6.83. The SMILES string of the molecule is COc1cc(/C=C(/C#N)C(=O)Nc2ccc(Cl)cc2)ccc1OS(=O)(=O)c1ccc([N+](=O)[O-])cc1. The Morgan fingerprint density at radius 1 is 1.09 bits per heavy atom. The van der Waals surface area contributed by atoms with Gasteiger partial charge < -0.3 is 14.2 Å². The summed E-state index contributed by atoms with van der Waals surface area (Å²) in [6, 6.07) is 16.4. The molecule has 0 unspecified atom stereocenters. The van der Waals surface area contributed by atoms with Crippen LogP contribution in [0.2, 0.25) is 5.02 Å². The fourth-order valence-corrected chi connectivity index (χ4v) is 3.86. The number of hydrogen-bond acceptors (Lipinski definition) is 8. The van der Waals surface area contributed by atoms with E-state index < -0.39 is 20.9 Å². The second-order valence-corrected chi connectivity index (χ2v) is 8.81. The highest BCUT2D eigenvalue weighted by Gasteiger charge is 2.21. The normalized spacial score (nSPS) is 11.3. The van der Waals surface area contributed by atoms with Crippen LogP contribution in [0.1, 0.15) is 5.56 Å². The van der Waals surface area contributed by atoms with Crippen LogP contribution in [0.15, 0.2) is 77.2 Å². The molecule has 1 amide bonds. The first-order chi connectivity index (χ1) is 16.6. The van der Waals surface area contributed by atoms with Crippen molar-refractivity contribution in [1.82, 2.24) is 0 Å². The van der Waals surface area contributed by atoms with Gasteiger partial charge in [0.1, 0.15) is 16.5 Å². The highest BCUT2D eigenvalue weighted by molar-refractivity contribution is 7.87. The van der Waals surface area contributed by atoms with E-state index in [0.29, 0.717) is 16.3 Å². The van der Waals surface area contributed by atoms with E-state index in [9.17, 15) is 28.6 Å². The lowest BCUT2D eigenvalue weighted by atomic mass is 10.1. The maximum absolute atomic E-state index is 12.6. The molecule has 0 aliphatic carbocycles. The van der Waals surface area contributed by atoms with E-state index in [0.717, 1.165) is 24.3 Å². The van der Waals surface area contributed by atoms with Crippen molar-refractivity contribution in [3.8, 4) is 17.6 Å². The van der Waals surface area contributed by atoms with E-state index >= 15 is 0 Å². The van der Waals surface area contributed by atoms with Crippen LogP contribution in [0.25, 0.3) is 6.08 Å². The summed E-state index contributed by atoms with van der Waals surface area (Å²) < 4.78 is 35.5. The number of hydrogen-bond donors (Lipinski definition) is 1. The molecule has 0 fully saturated rings. The molecule has 12 heteroatoms. The molecular weight excluding hydrogens is 498 g/mol. The Labute approximate surface area is 205 Å². The Morgan fingerprint density at radius 3 is 2.31 bits per heavy atom. The minimum Gasteiger partial charge on any atom is -0.493 e. The van der Waals surface area contributed by atoms with E-state index in [-0.39, 0.29) is 27.7 Å². The number of nitriles is 1. The lowest BCUT2D eigenvalue weighted by Crippen LogP contribution is -2.13. The topological polar surface area (TPSA) is 149 Å². The number of methoxy groups -OCH3 is 1. The van der Waals surface area contributed by atoms with Gasteiger partial charge in [0.15, 0.2) is 11.5 Å². The van der Waals surface area contributed by atoms with Gasteiger partial charge in [-0.15, -0.1) is 0 Å². The number of carbonyl (C=O) groups excluding carboxylic acids is 1. The third kappa shape index (κ3) is 6.35. The molecule has 0 aliphatic heterocycles. The van der Waals surface area contributed by atoms with Crippen LogP contribution in [0.4, 0.5) is 11.4 Å². The van der Waals surface area contributed by atoms with Gasteiger partial charge in [0.2, 0.25) is 0 Å². The predicted molar refractivity (Wildman–Crippen MR) is 128 cm³/mol. The summed E-state index contributed by atoms with van der Waals surface area (Å²) in [7, 11) is -3.04. The molecule has 3 aromatic rings. The molecule has 0 spiro atoms. The summed E-state index contributed by atoms with van der Waals surface area (Å²) in [4.78, 5) is 22.3. The summed E-state index contributed by atoms with van der Waals surface area (Å²) in [5, 5.41) is 23.2. The Hall–Kier alpha value is -4.40. The summed E-state index contributed by atoms with van der Waals surface area (Å²) >= 11 is 5.82. The summed E-state index contributed by atoms with van der Waals surface area (Å²) in [6.45, 7) is 0. The molecule has 35 heavy (non-hydrogen) atoms. The molecule has 3 aromatic carbocycles. The van der Waals surface area contributed by atoms with Crippen molar-refractivity contribution in [2.24, 2.45) is 0 Å². The van der Waals surface area contributed by atoms with Gasteiger partial charge in [-0.3, -0.25) is 14.9 Å². The van der Waals surface area contributed by atoms with Gasteiger partial charge in [-0.1, -0.05) is 17.7 Å². The smallest absolute Gasteiger partial charge is 0.339 e. The quantitative estimate of drug-likeness (QED) is 0.151. The Balaban J connectivity index is 1.83. The number of nitro groups is 1. The largest absolute Gasteiger partial charge is 0.493 e. The molecule has 1 N–H and O–H groups in total. The third-order valence-corrected chi connectivity index (χ3v) is 6.00. The van der Waals surface area contributed by atoms with Gasteiger partial charge in [-0.05, 0) is 60.2 Å². The lowest BCUT2D eigenvalue weighted by Gasteiger charge is -2.11. The number of anilines is 1. The first-order valence-electron chi connectivity index (χ1n) is 9.68. The highest BCUT2D eigenvalue weighted by atomic mass is 35.5. The van der Waals surface area contributed by atoms with Crippen molar-refractivity contribution in [3.63, 3.8) is 0 Å². The Kier molecular flexibility index (Phi) is 7.70. The number of benzene rings is 3. The number of ether oxygens (including phenoxy) is 1. The zero-order valence-corrected chi connectivity index (χ0v) is 19.5. The first-order valence-corrected chi connectivity index (χ1v) is 11.5. The second kappa shape index (κ2) is 10.7. The zero-order chi connectivity index (χ0) is 25.6. The molecule has 0 bridgehead atoms. The van der Waals surface area contributed by atoms with E-state index in [2.05, 4.69) is 5.32 Å². The summed E-state index contributed by atoms with van der Waals surface area (Å²) in [6.07, 6.45) is 1.29. The molecule has 0 saturated carbocycles. The fourth-order valence-electron chi connectivity index (χ4n) is 2.79. The molecule has 0 aromatic heterocycles. The number of halogens is 1. The van der Waals surface area contributed by atoms with Crippen LogP contribution >= 0.6 is 11.6 Å². The molecule has 0 radical (unpaired) electrons. The molecule has 0 heterocycles. The van der Waals surface area contributed by atoms with Crippen molar-refractivity contribution in [1.29, 1.82) is 5.26 Å². The van der Waals surface area contributed by atoms with Crippen LogP contribution in [0, 0.1) is 21.4 Å². The van der Waals surface area contributed by atoms with Crippen LogP contribution in [-0.4, -0.2) is 26.4 Å². The van der Waals surface area contributed by atoms with E-state index in [1.54, 1.807) is 24.3 Å². The minimum absolute atomic E-state index is 0.0136. The van der Waals surface area contributed by atoms with Crippen molar-refractivity contribution < 1.29 is 27.1 Å². The number of nitro benzene ring substituents is 1.